The van der Waals surface area contributed by atoms with Crippen molar-refractivity contribution < 1.29 is 9.78 Å². The Morgan fingerprint density at radius 3 is 2.65 bits per heavy atom. The number of aryl methyl sites for hydroxylation is 1. The van der Waals surface area contributed by atoms with E-state index in [0.29, 0.717) is 11.4 Å². The molecule has 0 fully saturated rings. The van der Waals surface area contributed by atoms with Gasteiger partial charge in [-0.3, -0.25) is 0 Å². The number of benzene rings is 2. The van der Waals surface area contributed by atoms with E-state index >= 15 is 0 Å². The summed E-state index contributed by atoms with van der Waals surface area (Å²) in [6.07, 6.45) is 0.975. The molecular weight excluding hydrogens is 282 g/mol. The maximum absolute atomic E-state index is 6.07. The SMILES string of the molecule is CCc1ccc2c(Br)cc(OOC)c(N)c2c1. The van der Waals surface area contributed by atoms with Gasteiger partial charge in [0.25, 0.3) is 0 Å². The van der Waals surface area contributed by atoms with Crippen molar-refractivity contribution in [1.82, 2.24) is 0 Å². The Kier molecular flexibility index (Phi) is 3.54. The van der Waals surface area contributed by atoms with Crippen LogP contribution in [0.5, 0.6) is 5.75 Å². The second kappa shape index (κ2) is 4.94. The molecule has 17 heavy (non-hydrogen) atoms. The van der Waals surface area contributed by atoms with E-state index in [1.54, 1.807) is 0 Å². The highest BCUT2D eigenvalue weighted by molar-refractivity contribution is 9.10. The van der Waals surface area contributed by atoms with Crippen molar-refractivity contribution in [3.05, 3.63) is 34.3 Å². The zero-order valence-electron chi connectivity index (χ0n) is 9.79. The fraction of sp³-hybridized carbons (Fsp3) is 0.231. The number of anilines is 1. The first kappa shape index (κ1) is 12.2. The normalized spacial score (nSPS) is 10.8. The van der Waals surface area contributed by atoms with Crippen LogP contribution in [0.15, 0.2) is 28.7 Å². The fourth-order valence-electron chi connectivity index (χ4n) is 1.80. The lowest BCUT2D eigenvalue weighted by Crippen LogP contribution is -1.98. The van der Waals surface area contributed by atoms with E-state index in [2.05, 4.69) is 45.9 Å². The molecule has 0 saturated carbocycles. The minimum atomic E-state index is 0.528. The largest absolute Gasteiger partial charge is 0.395 e. The van der Waals surface area contributed by atoms with Gasteiger partial charge >= 0.3 is 0 Å². The van der Waals surface area contributed by atoms with Crippen molar-refractivity contribution >= 4 is 32.4 Å². The van der Waals surface area contributed by atoms with Crippen molar-refractivity contribution in [2.24, 2.45) is 0 Å². The number of halogens is 1. The molecule has 4 heteroatoms. The molecule has 90 valence electrons. The minimum absolute atomic E-state index is 0.528. The van der Waals surface area contributed by atoms with E-state index < -0.39 is 0 Å². The Hall–Kier alpha value is -1.26. The van der Waals surface area contributed by atoms with Crippen LogP contribution >= 0.6 is 15.9 Å². The van der Waals surface area contributed by atoms with E-state index in [1.807, 2.05) is 6.07 Å². The monoisotopic (exact) mass is 295 g/mol. The van der Waals surface area contributed by atoms with Gasteiger partial charge in [-0.2, -0.15) is 4.89 Å². The Bertz CT molecular complexity index is 555. The first-order chi connectivity index (χ1) is 8.17. The molecule has 2 aromatic carbocycles. The molecule has 0 aliphatic carbocycles. The molecule has 2 rings (SSSR count). The van der Waals surface area contributed by atoms with Crippen LogP contribution in [-0.2, 0) is 11.3 Å². The third-order valence-electron chi connectivity index (χ3n) is 2.74. The molecule has 0 aromatic heterocycles. The Balaban J connectivity index is 2.71. The number of nitrogens with two attached hydrogens (primary N) is 1. The molecular formula is C13H14BrNO2. The molecule has 0 heterocycles. The van der Waals surface area contributed by atoms with Crippen LogP contribution in [0.3, 0.4) is 0 Å². The van der Waals surface area contributed by atoms with Crippen LogP contribution in [0.4, 0.5) is 5.69 Å². The van der Waals surface area contributed by atoms with Gasteiger partial charge in [-0.25, -0.2) is 0 Å². The summed E-state index contributed by atoms with van der Waals surface area (Å²) in [6.45, 7) is 2.11. The smallest absolute Gasteiger partial charge is 0.189 e. The molecule has 0 bridgehead atoms. The molecule has 0 aliphatic rings. The van der Waals surface area contributed by atoms with Gasteiger partial charge in [0.1, 0.15) is 0 Å². The standard InChI is InChI=1S/C13H14BrNO2/c1-3-8-4-5-9-10(6-8)13(15)12(17-16-2)7-11(9)14/h4-7H,3,15H2,1-2H3. The predicted molar refractivity (Wildman–Crippen MR) is 73.1 cm³/mol. The molecule has 0 saturated heterocycles. The van der Waals surface area contributed by atoms with Crippen LogP contribution < -0.4 is 10.6 Å². The summed E-state index contributed by atoms with van der Waals surface area (Å²) in [5.74, 6) is 0.528. The number of fused-ring (bicyclic) bond motifs is 1. The molecule has 0 atom stereocenters. The van der Waals surface area contributed by atoms with Crippen molar-refractivity contribution in [1.29, 1.82) is 0 Å². The average Bonchev–Trinajstić information content (AvgIpc) is 2.35. The number of hydrogen-bond acceptors (Lipinski definition) is 3. The summed E-state index contributed by atoms with van der Waals surface area (Å²) >= 11 is 3.51. The van der Waals surface area contributed by atoms with E-state index in [1.165, 1.54) is 12.7 Å². The highest BCUT2D eigenvalue weighted by Gasteiger charge is 2.10. The third kappa shape index (κ3) is 2.23. The van der Waals surface area contributed by atoms with Crippen LogP contribution in [-0.4, -0.2) is 7.11 Å². The Morgan fingerprint density at radius 2 is 2.00 bits per heavy atom. The third-order valence-corrected chi connectivity index (χ3v) is 3.39. The van der Waals surface area contributed by atoms with E-state index in [0.717, 1.165) is 21.7 Å². The topological polar surface area (TPSA) is 44.5 Å². The lowest BCUT2D eigenvalue weighted by Gasteiger charge is -2.11. The van der Waals surface area contributed by atoms with Gasteiger partial charge in [0.15, 0.2) is 5.75 Å². The van der Waals surface area contributed by atoms with Crippen molar-refractivity contribution in [2.45, 2.75) is 13.3 Å². The van der Waals surface area contributed by atoms with E-state index in [-0.39, 0.29) is 0 Å². The van der Waals surface area contributed by atoms with Crippen molar-refractivity contribution in [3.63, 3.8) is 0 Å². The Morgan fingerprint density at radius 1 is 1.24 bits per heavy atom. The summed E-state index contributed by atoms with van der Waals surface area (Å²) in [4.78, 5) is 9.71. The van der Waals surface area contributed by atoms with E-state index in [9.17, 15) is 0 Å². The summed E-state index contributed by atoms with van der Waals surface area (Å²) in [7, 11) is 1.46. The lowest BCUT2D eigenvalue weighted by molar-refractivity contribution is -0.177. The van der Waals surface area contributed by atoms with Crippen LogP contribution in [0.25, 0.3) is 10.8 Å². The maximum atomic E-state index is 6.07. The quantitative estimate of drug-likeness (QED) is 0.534. The second-order valence-corrected chi connectivity index (χ2v) is 4.61. The lowest BCUT2D eigenvalue weighted by atomic mass is 10.0. The second-order valence-electron chi connectivity index (χ2n) is 3.75. The number of nitrogen functional groups attached to an aromatic ring is 1. The molecule has 2 aromatic rings. The summed E-state index contributed by atoms with van der Waals surface area (Å²) in [6, 6.07) is 8.05. The molecule has 0 unspecified atom stereocenters. The van der Waals surface area contributed by atoms with Gasteiger partial charge in [0.05, 0.1) is 12.8 Å². The summed E-state index contributed by atoms with van der Waals surface area (Å²) < 4.78 is 0.941. The first-order valence-electron chi connectivity index (χ1n) is 5.38. The average molecular weight is 296 g/mol. The van der Waals surface area contributed by atoms with Crippen LogP contribution in [0.2, 0.25) is 0 Å². The van der Waals surface area contributed by atoms with Gasteiger partial charge in [-0.15, -0.1) is 0 Å². The van der Waals surface area contributed by atoms with Crippen molar-refractivity contribution in [2.75, 3.05) is 12.8 Å². The number of rotatable bonds is 3. The highest BCUT2D eigenvalue weighted by Crippen LogP contribution is 2.37. The van der Waals surface area contributed by atoms with Gasteiger partial charge in [0.2, 0.25) is 0 Å². The van der Waals surface area contributed by atoms with Crippen molar-refractivity contribution in [3.8, 4) is 5.75 Å². The zero-order valence-corrected chi connectivity index (χ0v) is 11.4. The maximum Gasteiger partial charge on any atom is 0.189 e. The molecule has 0 spiro atoms. The van der Waals surface area contributed by atoms with Gasteiger partial charge in [-0.1, -0.05) is 35.0 Å². The Labute approximate surface area is 109 Å². The molecule has 0 amide bonds. The predicted octanol–water partition coefficient (Wildman–Crippen LogP) is 3.69. The molecule has 2 N–H and O–H groups in total. The summed E-state index contributed by atoms with van der Waals surface area (Å²) in [5, 5.41) is 2.05. The first-order valence-corrected chi connectivity index (χ1v) is 6.18. The van der Waals surface area contributed by atoms with Gasteiger partial charge < -0.3 is 10.6 Å². The van der Waals surface area contributed by atoms with Crippen LogP contribution in [0, 0.1) is 0 Å². The summed E-state index contributed by atoms with van der Waals surface area (Å²) in [5.41, 5.74) is 7.91. The minimum Gasteiger partial charge on any atom is -0.395 e. The van der Waals surface area contributed by atoms with Gasteiger partial charge in [-0.05, 0) is 23.4 Å². The van der Waals surface area contributed by atoms with E-state index in [4.69, 9.17) is 10.6 Å². The molecule has 0 aliphatic heterocycles. The fourth-order valence-corrected chi connectivity index (χ4v) is 2.36. The highest BCUT2D eigenvalue weighted by atomic mass is 79.9. The zero-order chi connectivity index (χ0) is 12.4. The molecule has 0 radical (unpaired) electrons. The molecule has 3 nitrogen and oxygen atoms in total. The van der Waals surface area contributed by atoms with Gasteiger partial charge in [0, 0.05) is 15.9 Å². The number of hydrogen-bond donors (Lipinski definition) is 1. The van der Waals surface area contributed by atoms with Crippen LogP contribution in [0.1, 0.15) is 12.5 Å².